The fraction of sp³-hybridized carbons (Fsp3) is 0.727. The summed E-state index contributed by atoms with van der Waals surface area (Å²) in [6.45, 7) is 2.67. The van der Waals surface area contributed by atoms with Crippen molar-refractivity contribution < 1.29 is 4.92 Å². The molecule has 0 aromatic carbocycles. The minimum absolute atomic E-state index is 0.130. The zero-order valence-electron chi connectivity index (χ0n) is 10.7. The first kappa shape index (κ1) is 13.2. The highest BCUT2D eigenvalue weighted by atomic mass is 32.2. The molecule has 2 rings (SSSR count). The Morgan fingerprint density at radius 3 is 3.00 bits per heavy atom. The van der Waals surface area contributed by atoms with Crippen molar-refractivity contribution in [2.45, 2.75) is 19.8 Å². The van der Waals surface area contributed by atoms with E-state index in [1.807, 2.05) is 18.7 Å². The highest BCUT2D eigenvalue weighted by Gasteiger charge is 2.26. The van der Waals surface area contributed by atoms with E-state index < -0.39 is 0 Å². The van der Waals surface area contributed by atoms with Crippen LogP contribution in [0.5, 0.6) is 0 Å². The Hall–Kier alpha value is -1.24. The van der Waals surface area contributed by atoms with Crippen molar-refractivity contribution in [2.75, 3.05) is 23.4 Å². The second-order valence-corrected chi connectivity index (χ2v) is 5.64. The third-order valence-electron chi connectivity index (χ3n) is 3.19. The van der Waals surface area contributed by atoms with Crippen molar-refractivity contribution in [3.8, 4) is 0 Å². The summed E-state index contributed by atoms with van der Waals surface area (Å²) in [7, 11) is 1.75. The van der Waals surface area contributed by atoms with Gasteiger partial charge in [-0.15, -0.1) is 0 Å². The van der Waals surface area contributed by atoms with Crippen LogP contribution in [-0.4, -0.2) is 32.8 Å². The van der Waals surface area contributed by atoms with Crippen molar-refractivity contribution in [3.63, 3.8) is 0 Å². The van der Waals surface area contributed by atoms with E-state index in [0.717, 1.165) is 12.3 Å². The molecule has 0 saturated carbocycles. The summed E-state index contributed by atoms with van der Waals surface area (Å²) < 4.78 is 1.58. The van der Waals surface area contributed by atoms with E-state index in [-0.39, 0.29) is 10.6 Å². The Morgan fingerprint density at radius 2 is 2.44 bits per heavy atom. The fourth-order valence-corrected chi connectivity index (χ4v) is 3.47. The number of rotatable bonds is 5. The molecule has 1 unspecified atom stereocenters. The third-order valence-corrected chi connectivity index (χ3v) is 4.42. The molecule has 2 heterocycles. The number of anilines is 1. The van der Waals surface area contributed by atoms with Crippen LogP contribution in [0.4, 0.5) is 11.5 Å². The first-order valence-corrected chi connectivity index (χ1v) is 7.30. The van der Waals surface area contributed by atoms with Gasteiger partial charge in [-0.1, -0.05) is 6.92 Å². The number of aryl methyl sites for hydroxylation is 2. The number of hydrogen-bond donors (Lipinski definition) is 1. The normalized spacial score (nSPS) is 19.1. The quantitative estimate of drug-likeness (QED) is 0.655. The number of nitrogens with zero attached hydrogens (tertiary/aromatic N) is 3. The third kappa shape index (κ3) is 2.60. The maximum atomic E-state index is 11.1. The Labute approximate surface area is 110 Å². The fourth-order valence-electron chi connectivity index (χ4n) is 2.18. The average molecular weight is 270 g/mol. The Balaban J connectivity index is 2.14. The molecular weight excluding hydrogens is 252 g/mol. The lowest BCUT2D eigenvalue weighted by Gasteiger charge is -2.10. The average Bonchev–Trinajstić information content (AvgIpc) is 2.93. The molecule has 0 radical (unpaired) electrons. The van der Waals surface area contributed by atoms with Crippen LogP contribution in [0.2, 0.25) is 0 Å². The van der Waals surface area contributed by atoms with Gasteiger partial charge in [-0.2, -0.15) is 16.9 Å². The van der Waals surface area contributed by atoms with Crippen LogP contribution >= 0.6 is 11.8 Å². The van der Waals surface area contributed by atoms with Gasteiger partial charge in [-0.05, 0) is 30.3 Å². The van der Waals surface area contributed by atoms with Crippen molar-refractivity contribution >= 4 is 23.3 Å². The molecular formula is C11H18N4O2S. The van der Waals surface area contributed by atoms with Gasteiger partial charge in [-0.25, -0.2) is 4.68 Å². The monoisotopic (exact) mass is 270 g/mol. The molecule has 0 bridgehead atoms. The summed E-state index contributed by atoms with van der Waals surface area (Å²) in [4.78, 5) is 10.8. The van der Waals surface area contributed by atoms with Crippen LogP contribution in [0.15, 0.2) is 0 Å². The van der Waals surface area contributed by atoms with E-state index in [2.05, 4.69) is 10.4 Å². The Morgan fingerprint density at radius 1 is 1.67 bits per heavy atom. The number of nitro groups is 1. The van der Waals surface area contributed by atoms with Crippen LogP contribution in [-0.2, 0) is 13.5 Å². The highest BCUT2D eigenvalue weighted by molar-refractivity contribution is 7.99. The van der Waals surface area contributed by atoms with E-state index in [9.17, 15) is 10.1 Å². The topological polar surface area (TPSA) is 73.0 Å². The molecule has 1 aromatic heterocycles. The molecule has 7 heteroatoms. The van der Waals surface area contributed by atoms with E-state index in [1.165, 1.54) is 12.2 Å². The summed E-state index contributed by atoms with van der Waals surface area (Å²) in [6.07, 6.45) is 1.76. The van der Waals surface area contributed by atoms with Crippen LogP contribution < -0.4 is 5.32 Å². The molecule has 1 aromatic rings. The van der Waals surface area contributed by atoms with Crippen LogP contribution in [0.1, 0.15) is 19.0 Å². The van der Waals surface area contributed by atoms with Gasteiger partial charge in [0.25, 0.3) is 0 Å². The van der Waals surface area contributed by atoms with Crippen molar-refractivity contribution in [3.05, 3.63) is 15.8 Å². The lowest BCUT2D eigenvalue weighted by atomic mass is 10.1. The lowest BCUT2D eigenvalue weighted by molar-refractivity contribution is -0.384. The van der Waals surface area contributed by atoms with Gasteiger partial charge in [0, 0.05) is 13.6 Å². The number of nitrogens with one attached hydrogen (secondary N) is 1. The lowest BCUT2D eigenvalue weighted by Crippen LogP contribution is -2.16. The molecule has 18 heavy (non-hydrogen) atoms. The minimum atomic E-state index is -0.336. The maximum absolute atomic E-state index is 11.1. The molecule has 100 valence electrons. The summed E-state index contributed by atoms with van der Waals surface area (Å²) in [5.74, 6) is 3.47. The Bertz CT molecular complexity index is 440. The summed E-state index contributed by atoms with van der Waals surface area (Å²) in [6, 6.07) is 0. The van der Waals surface area contributed by atoms with Gasteiger partial charge >= 0.3 is 5.69 Å². The molecule has 0 amide bonds. The van der Waals surface area contributed by atoms with Crippen molar-refractivity contribution in [2.24, 2.45) is 13.0 Å². The second kappa shape index (κ2) is 5.60. The smallest absolute Gasteiger partial charge is 0.333 e. The zero-order chi connectivity index (χ0) is 13.1. The predicted molar refractivity (Wildman–Crippen MR) is 73.2 cm³/mol. The van der Waals surface area contributed by atoms with Gasteiger partial charge in [0.1, 0.15) is 5.69 Å². The Kier molecular flexibility index (Phi) is 4.11. The predicted octanol–water partition coefficient (Wildman–Crippen LogP) is 2.06. The molecule has 0 aliphatic carbocycles. The molecule has 6 nitrogen and oxygen atoms in total. The summed E-state index contributed by atoms with van der Waals surface area (Å²) in [5, 5.41) is 18.5. The number of aromatic nitrogens is 2. The standard InChI is InChI=1S/C11H18N4O2S/c1-3-9-10(15(16)17)11(14(2)13-9)12-6-8-4-5-18-7-8/h8,12H,3-7H2,1-2H3. The molecule has 1 N–H and O–H groups in total. The highest BCUT2D eigenvalue weighted by Crippen LogP contribution is 2.30. The molecule has 0 spiro atoms. The van der Waals surface area contributed by atoms with E-state index in [0.29, 0.717) is 23.9 Å². The minimum Gasteiger partial charge on any atom is -0.364 e. The van der Waals surface area contributed by atoms with Crippen LogP contribution in [0.25, 0.3) is 0 Å². The summed E-state index contributed by atoms with van der Waals surface area (Å²) in [5.41, 5.74) is 0.677. The molecule has 1 atom stereocenters. The first-order valence-electron chi connectivity index (χ1n) is 6.15. The van der Waals surface area contributed by atoms with Gasteiger partial charge in [0.2, 0.25) is 5.82 Å². The molecule has 1 aliphatic heterocycles. The van der Waals surface area contributed by atoms with Gasteiger partial charge in [-0.3, -0.25) is 10.1 Å². The van der Waals surface area contributed by atoms with Gasteiger partial charge in [0.05, 0.1) is 4.92 Å². The number of thioether (sulfide) groups is 1. The van der Waals surface area contributed by atoms with Crippen molar-refractivity contribution in [1.82, 2.24) is 9.78 Å². The largest absolute Gasteiger partial charge is 0.364 e. The van der Waals surface area contributed by atoms with Gasteiger partial charge in [0.15, 0.2) is 0 Å². The SMILES string of the molecule is CCc1nn(C)c(NCC2CCSC2)c1[N+](=O)[O-]. The van der Waals surface area contributed by atoms with E-state index in [1.54, 1.807) is 11.7 Å². The van der Waals surface area contributed by atoms with Crippen molar-refractivity contribution in [1.29, 1.82) is 0 Å². The van der Waals surface area contributed by atoms with E-state index in [4.69, 9.17) is 0 Å². The molecule has 1 saturated heterocycles. The molecule has 1 fully saturated rings. The second-order valence-electron chi connectivity index (χ2n) is 4.49. The van der Waals surface area contributed by atoms with Crippen LogP contribution in [0.3, 0.4) is 0 Å². The summed E-state index contributed by atoms with van der Waals surface area (Å²) >= 11 is 1.95. The first-order chi connectivity index (χ1) is 8.63. The van der Waals surface area contributed by atoms with Crippen LogP contribution in [0, 0.1) is 16.0 Å². The molecule has 1 aliphatic rings. The maximum Gasteiger partial charge on any atom is 0.333 e. The van der Waals surface area contributed by atoms with Gasteiger partial charge < -0.3 is 5.32 Å². The zero-order valence-corrected chi connectivity index (χ0v) is 11.5. The van der Waals surface area contributed by atoms with E-state index >= 15 is 0 Å². The number of hydrogen-bond acceptors (Lipinski definition) is 5.